The number of aliphatic hydroxyl groups is 1. The molecule has 1 amide bonds. The number of aliphatic hydroxyl groups excluding tert-OH is 1. The predicted molar refractivity (Wildman–Crippen MR) is 74.3 cm³/mol. The van der Waals surface area contributed by atoms with E-state index in [2.05, 4.69) is 10.3 Å². The average molecular weight is 282 g/mol. The van der Waals surface area contributed by atoms with Crippen LogP contribution in [0.2, 0.25) is 0 Å². The summed E-state index contributed by atoms with van der Waals surface area (Å²) in [5.74, 6) is 0.192. The molecular formula is C12H18N4O2S. The molecule has 7 heteroatoms. The van der Waals surface area contributed by atoms with Gasteiger partial charge in [-0.1, -0.05) is 11.3 Å². The molecule has 1 aromatic heterocycles. The fraction of sp³-hybridized carbons (Fsp3) is 0.667. The molecule has 0 spiro atoms. The molecule has 2 fully saturated rings. The summed E-state index contributed by atoms with van der Waals surface area (Å²) < 4.78 is 0. The average Bonchev–Trinajstić information content (AvgIpc) is 3.26. The lowest BCUT2D eigenvalue weighted by Crippen LogP contribution is -2.35. The van der Waals surface area contributed by atoms with E-state index in [0.29, 0.717) is 23.3 Å². The Hall–Kier alpha value is -1.34. The maximum absolute atomic E-state index is 12.4. The number of nitrogen functional groups attached to an aromatic ring is 1. The van der Waals surface area contributed by atoms with Gasteiger partial charge in [-0.15, -0.1) is 0 Å². The standard InChI is InChI=1S/C12H18N4O2S/c13-10-9(19-12(15-10)14-7-1-2-7)11(18)16(5-6-17)8-3-4-8/h7-8,17H,1-6,13H2,(H,14,15). The monoisotopic (exact) mass is 282 g/mol. The second kappa shape index (κ2) is 4.97. The van der Waals surface area contributed by atoms with Gasteiger partial charge in [0.05, 0.1) is 6.61 Å². The first-order chi connectivity index (χ1) is 9.19. The van der Waals surface area contributed by atoms with Crippen LogP contribution in [0.15, 0.2) is 0 Å². The molecule has 2 aliphatic carbocycles. The Balaban J connectivity index is 1.75. The van der Waals surface area contributed by atoms with Crippen LogP contribution in [0.1, 0.15) is 35.4 Å². The Morgan fingerprint density at radius 3 is 2.79 bits per heavy atom. The highest BCUT2D eigenvalue weighted by Gasteiger charge is 2.34. The van der Waals surface area contributed by atoms with E-state index in [-0.39, 0.29) is 18.6 Å². The van der Waals surface area contributed by atoms with Crippen LogP contribution in [0.25, 0.3) is 0 Å². The van der Waals surface area contributed by atoms with Gasteiger partial charge in [0, 0.05) is 18.6 Å². The van der Waals surface area contributed by atoms with Gasteiger partial charge >= 0.3 is 0 Å². The molecule has 19 heavy (non-hydrogen) atoms. The van der Waals surface area contributed by atoms with Crippen molar-refractivity contribution in [3.63, 3.8) is 0 Å². The van der Waals surface area contributed by atoms with Gasteiger partial charge in [-0.3, -0.25) is 4.79 Å². The lowest BCUT2D eigenvalue weighted by molar-refractivity contribution is 0.0713. The van der Waals surface area contributed by atoms with Crippen molar-refractivity contribution in [3.8, 4) is 0 Å². The summed E-state index contributed by atoms with van der Waals surface area (Å²) >= 11 is 1.32. The molecule has 2 saturated carbocycles. The van der Waals surface area contributed by atoms with Crippen molar-refractivity contribution in [1.82, 2.24) is 9.88 Å². The molecule has 1 aromatic rings. The van der Waals surface area contributed by atoms with Gasteiger partial charge in [-0.25, -0.2) is 4.98 Å². The minimum Gasteiger partial charge on any atom is -0.395 e. The van der Waals surface area contributed by atoms with Crippen LogP contribution in [-0.4, -0.2) is 46.1 Å². The number of nitrogens with zero attached hydrogens (tertiary/aromatic N) is 2. The van der Waals surface area contributed by atoms with E-state index in [0.717, 1.165) is 30.8 Å². The van der Waals surface area contributed by atoms with Crippen LogP contribution in [0.5, 0.6) is 0 Å². The third-order valence-electron chi connectivity index (χ3n) is 3.34. The third kappa shape index (κ3) is 2.82. The summed E-state index contributed by atoms with van der Waals surface area (Å²) in [6, 6.07) is 0.756. The molecule has 0 aliphatic heterocycles. The van der Waals surface area contributed by atoms with E-state index in [4.69, 9.17) is 10.8 Å². The highest BCUT2D eigenvalue weighted by atomic mass is 32.1. The number of carbonyl (C=O) groups is 1. The number of rotatable bonds is 6. The van der Waals surface area contributed by atoms with Crippen LogP contribution in [-0.2, 0) is 0 Å². The Labute approximate surface area is 115 Å². The largest absolute Gasteiger partial charge is 0.395 e. The first kappa shape index (κ1) is 12.7. The molecule has 6 nitrogen and oxygen atoms in total. The summed E-state index contributed by atoms with van der Waals surface area (Å²) in [4.78, 5) is 18.8. The maximum Gasteiger partial charge on any atom is 0.268 e. The second-order valence-electron chi connectivity index (χ2n) is 5.11. The van der Waals surface area contributed by atoms with Crippen molar-refractivity contribution in [3.05, 3.63) is 4.88 Å². The number of carbonyl (C=O) groups excluding carboxylic acids is 1. The summed E-state index contributed by atoms with van der Waals surface area (Å²) in [6.07, 6.45) is 4.33. The number of hydrogen-bond acceptors (Lipinski definition) is 6. The molecule has 104 valence electrons. The molecule has 0 atom stereocenters. The van der Waals surface area contributed by atoms with E-state index in [1.165, 1.54) is 11.3 Å². The molecular weight excluding hydrogens is 264 g/mol. The zero-order valence-corrected chi connectivity index (χ0v) is 11.4. The van der Waals surface area contributed by atoms with Crippen LogP contribution >= 0.6 is 11.3 Å². The van der Waals surface area contributed by atoms with Crippen molar-refractivity contribution in [2.24, 2.45) is 0 Å². The first-order valence-electron chi connectivity index (χ1n) is 6.63. The topological polar surface area (TPSA) is 91.5 Å². The maximum atomic E-state index is 12.4. The van der Waals surface area contributed by atoms with Gasteiger partial charge in [-0.2, -0.15) is 0 Å². The number of aromatic nitrogens is 1. The quantitative estimate of drug-likeness (QED) is 0.721. The van der Waals surface area contributed by atoms with Crippen LogP contribution < -0.4 is 11.1 Å². The van der Waals surface area contributed by atoms with Gasteiger partial charge in [0.25, 0.3) is 5.91 Å². The van der Waals surface area contributed by atoms with Crippen LogP contribution in [0.3, 0.4) is 0 Å². The molecule has 4 N–H and O–H groups in total. The summed E-state index contributed by atoms with van der Waals surface area (Å²) in [6.45, 7) is 0.348. The normalized spacial score (nSPS) is 18.4. The van der Waals surface area contributed by atoms with Crippen molar-refractivity contribution in [2.45, 2.75) is 37.8 Å². The number of thiazole rings is 1. The fourth-order valence-corrected chi connectivity index (χ4v) is 2.94. The van der Waals surface area contributed by atoms with E-state index < -0.39 is 0 Å². The van der Waals surface area contributed by atoms with Gasteiger partial charge in [0.1, 0.15) is 10.7 Å². The zero-order chi connectivity index (χ0) is 13.4. The summed E-state index contributed by atoms with van der Waals surface area (Å²) in [7, 11) is 0. The number of nitrogens with one attached hydrogen (secondary N) is 1. The van der Waals surface area contributed by atoms with Gasteiger partial charge < -0.3 is 21.1 Å². The lowest BCUT2D eigenvalue weighted by Gasteiger charge is -2.20. The summed E-state index contributed by atoms with van der Waals surface area (Å²) in [5.41, 5.74) is 5.84. The first-order valence-corrected chi connectivity index (χ1v) is 7.45. The molecule has 0 aromatic carbocycles. The number of amides is 1. The molecule has 0 bridgehead atoms. The predicted octanol–water partition coefficient (Wildman–Crippen LogP) is 0.896. The minimum absolute atomic E-state index is 0.0197. The van der Waals surface area contributed by atoms with Crippen molar-refractivity contribution in [2.75, 3.05) is 24.2 Å². The molecule has 1 heterocycles. The molecule has 0 unspecified atom stereocenters. The fourth-order valence-electron chi connectivity index (χ4n) is 2.02. The highest BCUT2D eigenvalue weighted by Crippen LogP contribution is 2.34. The Morgan fingerprint density at radius 2 is 2.21 bits per heavy atom. The molecule has 2 aliphatic rings. The summed E-state index contributed by atoms with van der Waals surface area (Å²) in [5, 5.41) is 13.0. The Kier molecular flexibility index (Phi) is 3.32. The number of nitrogens with two attached hydrogens (primary N) is 1. The molecule has 3 rings (SSSR count). The number of anilines is 2. The zero-order valence-electron chi connectivity index (χ0n) is 10.6. The van der Waals surface area contributed by atoms with Gasteiger partial charge in [-0.05, 0) is 25.7 Å². The molecule has 0 radical (unpaired) electrons. The SMILES string of the molecule is Nc1nc(NC2CC2)sc1C(=O)N(CCO)C1CC1. The third-order valence-corrected chi connectivity index (χ3v) is 4.33. The van der Waals surface area contributed by atoms with E-state index in [1.807, 2.05) is 0 Å². The van der Waals surface area contributed by atoms with E-state index in [1.54, 1.807) is 4.90 Å². The van der Waals surface area contributed by atoms with Crippen molar-refractivity contribution >= 4 is 28.2 Å². The highest BCUT2D eigenvalue weighted by molar-refractivity contribution is 7.18. The van der Waals surface area contributed by atoms with Crippen LogP contribution in [0, 0.1) is 0 Å². The Bertz CT molecular complexity index is 482. The smallest absolute Gasteiger partial charge is 0.268 e. The van der Waals surface area contributed by atoms with E-state index in [9.17, 15) is 4.79 Å². The Morgan fingerprint density at radius 1 is 1.47 bits per heavy atom. The van der Waals surface area contributed by atoms with Gasteiger partial charge in [0.15, 0.2) is 5.13 Å². The molecule has 0 saturated heterocycles. The second-order valence-corrected chi connectivity index (χ2v) is 6.10. The van der Waals surface area contributed by atoms with Crippen molar-refractivity contribution in [1.29, 1.82) is 0 Å². The number of hydrogen-bond donors (Lipinski definition) is 3. The van der Waals surface area contributed by atoms with Gasteiger partial charge in [0.2, 0.25) is 0 Å². The van der Waals surface area contributed by atoms with Crippen LogP contribution in [0.4, 0.5) is 10.9 Å². The van der Waals surface area contributed by atoms with Crippen molar-refractivity contribution < 1.29 is 9.90 Å². The lowest BCUT2D eigenvalue weighted by atomic mass is 10.3. The minimum atomic E-state index is -0.101. The van der Waals surface area contributed by atoms with E-state index >= 15 is 0 Å².